The summed E-state index contributed by atoms with van der Waals surface area (Å²) in [6.45, 7) is 3.66. The highest BCUT2D eigenvalue weighted by Crippen LogP contribution is 2.20. The second-order valence-corrected chi connectivity index (χ2v) is 5.56. The summed E-state index contributed by atoms with van der Waals surface area (Å²) in [5.41, 5.74) is 4.88. The number of nitrogens with one attached hydrogen (secondary N) is 2. The van der Waals surface area contributed by atoms with Crippen LogP contribution in [0.15, 0.2) is 48.5 Å². The molecule has 1 aliphatic rings. The molecular weight excluding hydrogens is 260 g/mol. The molecule has 2 aromatic rings. The fraction of sp³-hybridized carbons (Fsp3) is 0.278. The zero-order valence-corrected chi connectivity index (χ0v) is 12.2. The Bertz CT molecular complexity index is 617. The summed E-state index contributed by atoms with van der Waals surface area (Å²) in [5.74, 6) is 0.101. The van der Waals surface area contributed by atoms with Crippen molar-refractivity contribution in [1.82, 2.24) is 10.6 Å². The Morgan fingerprint density at radius 3 is 2.19 bits per heavy atom. The first-order valence-electron chi connectivity index (χ1n) is 7.39. The standard InChI is InChI=1S/C18H20N2O/c1-13-2-6-15(7-3-13)16-8-4-14(5-9-16)12-17-18(21)20-11-10-19-17/h2-9,17,19H,10-12H2,1H3,(H,20,21). The van der Waals surface area contributed by atoms with Crippen LogP contribution in [-0.2, 0) is 11.2 Å². The van der Waals surface area contributed by atoms with Crippen molar-refractivity contribution in [2.24, 2.45) is 0 Å². The van der Waals surface area contributed by atoms with Gasteiger partial charge in [0.05, 0.1) is 6.04 Å². The third-order valence-corrected chi connectivity index (χ3v) is 3.91. The minimum Gasteiger partial charge on any atom is -0.353 e. The van der Waals surface area contributed by atoms with E-state index >= 15 is 0 Å². The van der Waals surface area contributed by atoms with E-state index in [-0.39, 0.29) is 11.9 Å². The molecule has 2 aromatic carbocycles. The summed E-state index contributed by atoms with van der Waals surface area (Å²) in [6.07, 6.45) is 0.736. The van der Waals surface area contributed by atoms with Crippen molar-refractivity contribution in [2.75, 3.05) is 13.1 Å². The van der Waals surface area contributed by atoms with E-state index in [4.69, 9.17) is 0 Å². The molecule has 21 heavy (non-hydrogen) atoms. The number of hydrogen-bond acceptors (Lipinski definition) is 2. The highest BCUT2D eigenvalue weighted by atomic mass is 16.2. The second kappa shape index (κ2) is 6.10. The van der Waals surface area contributed by atoms with Gasteiger partial charge in [0, 0.05) is 13.1 Å². The Kier molecular flexibility index (Phi) is 4.02. The molecule has 1 saturated heterocycles. The summed E-state index contributed by atoms with van der Waals surface area (Å²) >= 11 is 0. The zero-order chi connectivity index (χ0) is 14.7. The molecule has 0 radical (unpaired) electrons. The predicted octanol–water partition coefficient (Wildman–Crippen LogP) is 2.29. The molecule has 0 saturated carbocycles. The molecule has 2 N–H and O–H groups in total. The van der Waals surface area contributed by atoms with Crippen LogP contribution < -0.4 is 10.6 Å². The van der Waals surface area contributed by atoms with Crippen LogP contribution in [0, 0.1) is 6.92 Å². The molecule has 1 aliphatic heterocycles. The molecule has 1 amide bonds. The molecule has 1 unspecified atom stereocenters. The Hall–Kier alpha value is -2.13. The molecule has 108 valence electrons. The van der Waals surface area contributed by atoms with E-state index in [2.05, 4.69) is 66.1 Å². The highest BCUT2D eigenvalue weighted by Gasteiger charge is 2.21. The molecule has 1 fully saturated rings. The monoisotopic (exact) mass is 280 g/mol. The van der Waals surface area contributed by atoms with E-state index in [1.165, 1.54) is 22.3 Å². The molecule has 3 rings (SSSR count). The third-order valence-electron chi connectivity index (χ3n) is 3.91. The Labute approximate surface area is 125 Å². The van der Waals surface area contributed by atoms with Crippen LogP contribution in [0.1, 0.15) is 11.1 Å². The number of piperazine rings is 1. The summed E-state index contributed by atoms with van der Waals surface area (Å²) < 4.78 is 0. The van der Waals surface area contributed by atoms with Crippen LogP contribution in [0.25, 0.3) is 11.1 Å². The molecule has 0 spiro atoms. The van der Waals surface area contributed by atoms with Crippen LogP contribution in [0.5, 0.6) is 0 Å². The van der Waals surface area contributed by atoms with Gasteiger partial charge in [-0.3, -0.25) is 4.79 Å². The van der Waals surface area contributed by atoms with Crippen molar-refractivity contribution in [2.45, 2.75) is 19.4 Å². The summed E-state index contributed by atoms with van der Waals surface area (Å²) in [5, 5.41) is 6.15. The minimum atomic E-state index is -0.107. The van der Waals surface area contributed by atoms with Gasteiger partial charge in [0.25, 0.3) is 0 Å². The SMILES string of the molecule is Cc1ccc(-c2ccc(CC3NCCNC3=O)cc2)cc1. The normalized spacial score (nSPS) is 18.3. The smallest absolute Gasteiger partial charge is 0.237 e. The van der Waals surface area contributed by atoms with Gasteiger partial charge in [-0.15, -0.1) is 0 Å². The maximum Gasteiger partial charge on any atom is 0.237 e. The summed E-state index contributed by atoms with van der Waals surface area (Å²) in [4.78, 5) is 11.7. The quantitative estimate of drug-likeness (QED) is 0.905. The predicted molar refractivity (Wildman–Crippen MR) is 85.1 cm³/mol. The van der Waals surface area contributed by atoms with Gasteiger partial charge in [0.15, 0.2) is 0 Å². The van der Waals surface area contributed by atoms with Gasteiger partial charge in [0.1, 0.15) is 0 Å². The van der Waals surface area contributed by atoms with Crippen molar-refractivity contribution in [3.63, 3.8) is 0 Å². The van der Waals surface area contributed by atoms with Crippen LogP contribution >= 0.6 is 0 Å². The maximum absolute atomic E-state index is 11.7. The summed E-state index contributed by atoms with van der Waals surface area (Å²) in [7, 11) is 0. The van der Waals surface area contributed by atoms with Crippen molar-refractivity contribution < 1.29 is 4.79 Å². The lowest BCUT2D eigenvalue weighted by atomic mass is 9.99. The fourth-order valence-corrected chi connectivity index (χ4v) is 2.63. The van der Waals surface area contributed by atoms with Gasteiger partial charge in [-0.25, -0.2) is 0 Å². The number of carbonyl (C=O) groups excluding carboxylic acids is 1. The summed E-state index contributed by atoms with van der Waals surface area (Å²) in [6, 6.07) is 16.9. The average Bonchev–Trinajstić information content (AvgIpc) is 2.51. The molecule has 0 aliphatic carbocycles. The van der Waals surface area contributed by atoms with Crippen LogP contribution in [-0.4, -0.2) is 25.0 Å². The maximum atomic E-state index is 11.7. The van der Waals surface area contributed by atoms with Gasteiger partial charge in [0.2, 0.25) is 5.91 Å². The number of hydrogen-bond donors (Lipinski definition) is 2. The largest absolute Gasteiger partial charge is 0.353 e. The van der Waals surface area contributed by atoms with E-state index in [0.29, 0.717) is 0 Å². The van der Waals surface area contributed by atoms with Crippen molar-refractivity contribution >= 4 is 5.91 Å². The Morgan fingerprint density at radius 2 is 1.57 bits per heavy atom. The van der Waals surface area contributed by atoms with Gasteiger partial charge in [-0.2, -0.15) is 0 Å². The Morgan fingerprint density at radius 1 is 0.952 bits per heavy atom. The van der Waals surface area contributed by atoms with E-state index in [1.807, 2.05) is 0 Å². The molecular formula is C18H20N2O. The van der Waals surface area contributed by atoms with Crippen molar-refractivity contribution in [3.8, 4) is 11.1 Å². The number of amides is 1. The van der Waals surface area contributed by atoms with Gasteiger partial charge in [-0.1, -0.05) is 54.1 Å². The third kappa shape index (κ3) is 3.31. The fourth-order valence-electron chi connectivity index (χ4n) is 2.63. The average molecular weight is 280 g/mol. The van der Waals surface area contributed by atoms with Crippen LogP contribution in [0.3, 0.4) is 0 Å². The van der Waals surface area contributed by atoms with Crippen LogP contribution in [0.4, 0.5) is 0 Å². The number of aryl methyl sites for hydroxylation is 1. The van der Waals surface area contributed by atoms with E-state index in [1.54, 1.807) is 0 Å². The number of rotatable bonds is 3. The van der Waals surface area contributed by atoms with Gasteiger partial charge < -0.3 is 10.6 Å². The van der Waals surface area contributed by atoms with Gasteiger partial charge >= 0.3 is 0 Å². The lowest BCUT2D eigenvalue weighted by molar-refractivity contribution is -0.124. The first-order valence-corrected chi connectivity index (χ1v) is 7.39. The Balaban J connectivity index is 1.71. The number of carbonyl (C=O) groups is 1. The molecule has 0 bridgehead atoms. The second-order valence-electron chi connectivity index (χ2n) is 5.56. The first-order chi connectivity index (χ1) is 10.2. The van der Waals surface area contributed by atoms with Gasteiger partial charge in [-0.05, 0) is 30.0 Å². The van der Waals surface area contributed by atoms with E-state index in [9.17, 15) is 4.79 Å². The van der Waals surface area contributed by atoms with E-state index in [0.717, 1.165) is 19.5 Å². The lowest BCUT2D eigenvalue weighted by Crippen LogP contribution is -2.53. The molecule has 3 heteroatoms. The molecule has 0 aromatic heterocycles. The van der Waals surface area contributed by atoms with E-state index < -0.39 is 0 Å². The van der Waals surface area contributed by atoms with Crippen molar-refractivity contribution in [3.05, 3.63) is 59.7 Å². The molecule has 3 nitrogen and oxygen atoms in total. The first kappa shape index (κ1) is 13.8. The topological polar surface area (TPSA) is 41.1 Å². The highest BCUT2D eigenvalue weighted by molar-refractivity contribution is 5.82. The zero-order valence-electron chi connectivity index (χ0n) is 12.2. The van der Waals surface area contributed by atoms with Crippen LogP contribution in [0.2, 0.25) is 0 Å². The molecule has 1 heterocycles. The van der Waals surface area contributed by atoms with Crippen molar-refractivity contribution in [1.29, 1.82) is 0 Å². The molecule has 1 atom stereocenters. The lowest BCUT2D eigenvalue weighted by Gasteiger charge is -2.23. The number of benzene rings is 2. The minimum absolute atomic E-state index is 0.101.